The Hall–Kier alpha value is -2.72. The predicted molar refractivity (Wildman–Crippen MR) is 119 cm³/mol. The molecule has 2 unspecified atom stereocenters. The van der Waals surface area contributed by atoms with Crippen LogP contribution >= 0.6 is 11.6 Å². The molecule has 34 heavy (non-hydrogen) atoms. The van der Waals surface area contributed by atoms with Crippen molar-refractivity contribution < 1.29 is 22.4 Å². The molecule has 0 saturated carbocycles. The van der Waals surface area contributed by atoms with Crippen molar-refractivity contribution in [1.82, 2.24) is 19.8 Å². The number of hydrogen-bond acceptors (Lipinski definition) is 5. The lowest BCUT2D eigenvalue weighted by molar-refractivity contribution is -0.137. The van der Waals surface area contributed by atoms with Gasteiger partial charge in [0.05, 0.1) is 29.5 Å². The Morgan fingerprint density at radius 1 is 1.15 bits per heavy atom. The molecule has 2 bridgehead atoms. The Balaban J connectivity index is 1.18. The van der Waals surface area contributed by atoms with Crippen LogP contribution in [0.2, 0.25) is 5.02 Å². The predicted octanol–water partition coefficient (Wildman–Crippen LogP) is 3.87. The largest absolute Gasteiger partial charge is 0.417 e. The maximum atomic E-state index is 13.2. The Kier molecular flexibility index (Phi) is 5.97. The van der Waals surface area contributed by atoms with Crippen LogP contribution in [0.4, 0.5) is 23.5 Å². The molecule has 1 aromatic heterocycles. The number of hydrogen-bond donors (Lipinski definition) is 0. The minimum Gasteiger partial charge on any atom is -0.338 e. The van der Waals surface area contributed by atoms with Gasteiger partial charge in [0.1, 0.15) is 0 Å². The highest BCUT2D eigenvalue weighted by Gasteiger charge is 2.45. The average Bonchev–Trinajstić information content (AvgIpc) is 3.40. The molecule has 0 spiro atoms. The summed E-state index contributed by atoms with van der Waals surface area (Å²) in [6.07, 6.45) is 0.985. The maximum absolute atomic E-state index is 13.2. The van der Waals surface area contributed by atoms with Crippen LogP contribution in [0.25, 0.3) is 5.57 Å². The number of rotatable bonds is 4. The van der Waals surface area contributed by atoms with E-state index >= 15 is 0 Å². The van der Waals surface area contributed by atoms with Gasteiger partial charge in [-0.05, 0) is 36.1 Å². The van der Waals surface area contributed by atoms with Crippen LogP contribution in [0.5, 0.6) is 0 Å². The monoisotopic (exact) mass is 495 g/mol. The quantitative estimate of drug-likeness (QED) is 0.603. The third-order valence-electron chi connectivity index (χ3n) is 6.76. The van der Waals surface area contributed by atoms with Crippen LogP contribution in [0.3, 0.4) is 0 Å². The van der Waals surface area contributed by atoms with Crippen molar-refractivity contribution in [2.24, 2.45) is 0 Å². The minimum absolute atomic E-state index is 0.000445. The third kappa shape index (κ3) is 4.48. The molecule has 0 N–H and O–H groups in total. The summed E-state index contributed by atoms with van der Waals surface area (Å²) in [7, 11) is 0. The lowest BCUT2D eigenvalue weighted by Gasteiger charge is -2.35. The summed E-state index contributed by atoms with van der Waals surface area (Å²) >= 11 is 5.72. The van der Waals surface area contributed by atoms with Crippen LogP contribution in [-0.4, -0.2) is 70.5 Å². The number of likely N-dealkylation sites (tertiary alicyclic amines) is 1. The fourth-order valence-electron chi connectivity index (χ4n) is 5.02. The first-order chi connectivity index (χ1) is 16.2. The standard InChI is InChI=1S/C23H22ClF4N5O/c24-20-2-1-15(7-19(20)23(26,27)28)14-3-5-31(6-4-14)21(34)13-32-11-18-8-17(32)12-33(18)22-29-9-16(25)10-30-22/h1-3,7,9-10,17-18H,4-6,8,11-13H2. The zero-order chi connectivity index (χ0) is 24.0. The molecular weight excluding hydrogens is 474 g/mol. The van der Waals surface area contributed by atoms with Crippen molar-refractivity contribution in [3.8, 4) is 0 Å². The summed E-state index contributed by atoms with van der Waals surface area (Å²) < 4.78 is 52.6. The van der Waals surface area contributed by atoms with Gasteiger partial charge in [0.15, 0.2) is 5.82 Å². The molecule has 4 heterocycles. The molecule has 0 aliphatic carbocycles. The van der Waals surface area contributed by atoms with Gasteiger partial charge in [-0.25, -0.2) is 14.4 Å². The minimum atomic E-state index is -4.52. The topological polar surface area (TPSA) is 52.6 Å². The molecule has 180 valence electrons. The van der Waals surface area contributed by atoms with Crippen LogP contribution in [0, 0.1) is 5.82 Å². The molecule has 2 atom stereocenters. The van der Waals surface area contributed by atoms with E-state index in [1.54, 1.807) is 11.0 Å². The molecule has 1 amide bonds. The van der Waals surface area contributed by atoms with Gasteiger partial charge in [0.25, 0.3) is 0 Å². The van der Waals surface area contributed by atoms with E-state index in [1.807, 2.05) is 6.08 Å². The summed E-state index contributed by atoms with van der Waals surface area (Å²) in [6.45, 7) is 2.49. The van der Waals surface area contributed by atoms with E-state index < -0.39 is 17.6 Å². The first kappa shape index (κ1) is 23.0. The van der Waals surface area contributed by atoms with Gasteiger partial charge in [-0.15, -0.1) is 0 Å². The normalized spacial score (nSPS) is 22.9. The number of nitrogens with zero attached hydrogens (tertiary/aromatic N) is 5. The SMILES string of the molecule is O=C(CN1CC2CC1CN2c1ncc(F)cn1)N1CC=C(c2ccc(Cl)c(C(F)(F)F)c2)CC1. The summed E-state index contributed by atoms with van der Waals surface area (Å²) in [5.74, 6) is 0.0277. The molecule has 1 aromatic carbocycles. The number of anilines is 1. The molecule has 6 nitrogen and oxygen atoms in total. The lowest BCUT2D eigenvalue weighted by Crippen LogP contribution is -2.51. The number of carbonyl (C=O) groups is 1. The summed E-state index contributed by atoms with van der Waals surface area (Å²) in [5.41, 5.74) is 0.403. The Morgan fingerprint density at radius 2 is 1.91 bits per heavy atom. The number of aromatic nitrogens is 2. The van der Waals surface area contributed by atoms with E-state index in [-0.39, 0.29) is 23.0 Å². The fraction of sp³-hybridized carbons (Fsp3) is 0.435. The number of piperazine rings is 1. The maximum Gasteiger partial charge on any atom is 0.417 e. The first-order valence-electron chi connectivity index (χ1n) is 11.0. The van der Waals surface area contributed by atoms with Crippen molar-refractivity contribution in [2.45, 2.75) is 31.1 Å². The van der Waals surface area contributed by atoms with Crippen molar-refractivity contribution in [3.05, 3.63) is 58.6 Å². The van der Waals surface area contributed by atoms with Gasteiger partial charge < -0.3 is 9.80 Å². The van der Waals surface area contributed by atoms with E-state index in [1.165, 1.54) is 6.07 Å². The zero-order valence-electron chi connectivity index (χ0n) is 18.1. The van der Waals surface area contributed by atoms with E-state index in [9.17, 15) is 22.4 Å². The second kappa shape index (κ2) is 8.81. The number of benzene rings is 1. The number of carbonyl (C=O) groups excluding carboxylic acids is 1. The average molecular weight is 496 g/mol. The van der Waals surface area contributed by atoms with Gasteiger partial charge in [0, 0.05) is 38.3 Å². The Bertz CT molecular complexity index is 1120. The molecule has 5 rings (SSSR count). The van der Waals surface area contributed by atoms with E-state index in [0.717, 1.165) is 30.5 Å². The van der Waals surface area contributed by atoms with Crippen LogP contribution < -0.4 is 4.90 Å². The fourth-order valence-corrected chi connectivity index (χ4v) is 5.24. The van der Waals surface area contributed by atoms with Gasteiger partial charge in [0.2, 0.25) is 11.9 Å². The molecular formula is C23H22ClF4N5O. The number of alkyl halides is 3. The molecule has 0 radical (unpaired) electrons. The van der Waals surface area contributed by atoms with E-state index in [2.05, 4.69) is 19.8 Å². The molecule has 2 fully saturated rings. The zero-order valence-corrected chi connectivity index (χ0v) is 18.9. The summed E-state index contributed by atoms with van der Waals surface area (Å²) in [4.78, 5) is 27.0. The Morgan fingerprint density at radius 3 is 2.53 bits per heavy atom. The van der Waals surface area contributed by atoms with Crippen LogP contribution in [-0.2, 0) is 11.0 Å². The molecule has 2 aromatic rings. The first-order valence-corrected chi connectivity index (χ1v) is 11.4. The molecule has 2 saturated heterocycles. The smallest absolute Gasteiger partial charge is 0.338 e. The van der Waals surface area contributed by atoms with Gasteiger partial charge in [-0.2, -0.15) is 13.2 Å². The highest BCUT2D eigenvalue weighted by atomic mass is 35.5. The van der Waals surface area contributed by atoms with E-state index in [4.69, 9.17) is 11.6 Å². The van der Waals surface area contributed by atoms with Crippen LogP contribution in [0.15, 0.2) is 36.7 Å². The van der Waals surface area contributed by atoms with Crippen LogP contribution in [0.1, 0.15) is 24.0 Å². The molecule has 11 heteroatoms. The van der Waals surface area contributed by atoms with Crippen molar-refractivity contribution in [1.29, 1.82) is 0 Å². The van der Waals surface area contributed by atoms with Crippen molar-refractivity contribution in [2.75, 3.05) is 37.6 Å². The van der Waals surface area contributed by atoms with Crippen molar-refractivity contribution >= 4 is 29.0 Å². The van der Waals surface area contributed by atoms with Crippen molar-refractivity contribution in [3.63, 3.8) is 0 Å². The number of amides is 1. The van der Waals surface area contributed by atoms with Gasteiger partial charge in [-0.1, -0.05) is 23.7 Å². The third-order valence-corrected chi connectivity index (χ3v) is 7.09. The number of halogens is 5. The number of fused-ring (bicyclic) bond motifs is 2. The highest BCUT2D eigenvalue weighted by molar-refractivity contribution is 6.31. The highest BCUT2D eigenvalue weighted by Crippen LogP contribution is 2.37. The Labute approximate surface area is 198 Å². The van der Waals surface area contributed by atoms with E-state index in [0.29, 0.717) is 50.7 Å². The summed E-state index contributed by atoms with van der Waals surface area (Å²) in [5, 5.41) is -0.325. The molecule has 3 aliphatic heterocycles. The lowest BCUT2D eigenvalue weighted by atomic mass is 9.97. The molecule has 3 aliphatic rings. The van der Waals surface area contributed by atoms with Gasteiger partial charge in [-0.3, -0.25) is 9.69 Å². The summed E-state index contributed by atoms with van der Waals surface area (Å²) in [6, 6.07) is 4.31. The second-order valence-corrected chi connectivity index (χ2v) is 9.25. The second-order valence-electron chi connectivity index (χ2n) is 8.84. The van der Waals surface area contributed by atoms with Gasteiger partial charge >= 0.3 is 6.18 Å².